The summed E-state index contributed by atoms with van der Waals surface area (Å²) in [4.78, 5) is 29.0. The Bertz CT molecular complexity index is 674. The van der Waals surface area contributed by atoms with Crippen molar-refractivity contribution in [2.45, 2.75) is 37.5 Å². The fraction of sp³-hybridized carbons (Fsp3) is 0.579. The number of methoxy groups -OCH3 is 1. The second kappa shape index (κ2) is 6.89. The van der Waals surface area contributed by atoms with Gasteiger partial charge in [0.05, 0.1) is 20.3 Å². The van der Waals surface area contributed by atoms with Crippen molar-refractivity contribution in [2.75, 3.05) is 38.3 Å². The zero-order chi connectivity index (χ0) is 18.1. The third-order valence-corrected chi connectivity index (χ3v) is 5.50. The van der Waals surface area contributed by atoms with E-state index in [-0.39, 0.29) is 11.8 Å². The smallest absolute Gasteiger partial charge is 0.245 e. The van der Waals surface area contributed by atoms with Crippen LogP contribution in [-0.2, 0) is 19.1 Å². The minimum absolute atomic E-state index is 0.00976. The summed E-state index contributed by atoms with van der Waals surface area (Å²) < 4.78 is 16.6. The molecule has 140 valence electrons. The molecular weight excluding hydrogens is 336 g/mol. The summed E-state index contributed by atoms with van der Waals surface area (Å²) in [5.41, 5.74) is 0.739. The van der Waals surface area contributed by atoms with Crippen LogP contribution in [0.25, 0.3) is 0 Å². The Hall–Kier alpha value is -2.12. The van der Waals surface area contributed by atoms with Crippen LogP contribution in [-0.4, -0.2) is 62.0 Å². The van der Waals surface area contributed by atoms with Gasteiger partial charge in [0.25, 0.3) is 0 Å². The van der Waals surface area contributed by atoms with Gasteiger partial charge in [-0.1, -0.05) is 0 Å². The molecule has 0 N–H and O–H groups in total. The van der Waals surface area contributed by atoms with Gasteiger partial charge in [-0.3, -0.25) is 14.5 Å². The van der Waals surface area contributed by atoms with E-state index in [0.717, 1.165) is 11.4 Å². The molecule has 3 fully saturated rings. The van der Waals surface area contributed by atoms with Gasteiger partial charge in [-0.05, 0) is 30.7 Å². The summed E-state index contributed by atoms with van der Waals surface area (Å²) in [5, 5.41) is 0. The number of carbonyl (C=O) groups is 2. The monoisotopic (exact) mass is 360 g/mol. The number of amides is 2. The lowest BCUT2D eigenvalue weighted by atomic mass is 10.0. The molecular formula is C19H24N2O5. The van der Waals surface area contributed by atoms with E-state index in [1.165, 1.54) is 0 Å². The van der Waals surface area contributed by atoms with Gasteiger partial charge in [0, 0.05) is 38.0 Å². The highest BCUT2D eigenvalue weighted by atomic mass is 16.7. The van der Waals surface area contributed by atoms with Crippen LogP contribution in [0.15, 0.2) is 24.3 Å². The number of rotatable bonds is 3. The van der Waals surface area contributed by atoms with Crippen molar-refractivity contribution in [3.8, 4) is 5.75 Å². The van der Waals surface area contributed by atoms with Crippen LogP contribution in [0.4, 0.5) is 5.69 Å². The Morgan fingerprint density at radius 2 is 1.81 bits per heavy atom. The van der Waals surface area contributed by atoms with E-state index in [4.69, 9.17) is 14.2 Å². The van der Waals surface area contributed by atoms with E-state index in [9.17, 15) is 9.59 Å². The molecule has 3 heterocycles. The largest absolute Gasteiger partial charge is 0.497 e. The lowest BCUT2D eigenvalue weighted by Gasteiger charge is -2.39. The minimum Gasteiger partial charge on any atom is -0.497 e. The third kappa shape index (κ3) is 3.05. The predicted octanol–water partition coefficient (Wildman–Crippen LogP) is 1.56. The zero-order valence-electron chi connectivity index (χ0n) is 15.0. The number of hydrogen-bond acceptors (Lipinski definition) is 5. The summed E-state index contributed by atoms with van der Waals surface area (Å²) >= 11 is 0. The van der Waals surface area contributed by atoms with Gasteiger partial charge < -0.3 is 19.1 Å². The number of nitrogens with zero attached hydrogens (tertiary/aromatic N) is 2. The summed E-state index contributed by atoms with van der Waals surface area (Å²) in [6.07, 6.45) is 2.31. The van der Waals surface area contributed by atoms with Crippen molar-refractivity contribution in [1.29, 1.82) is 0 Å². The molecule has 0 aromatic heterocycles. The fourth-order valence-corrected chi connectivity index (χ4v) is 4.05. The van der Waals surface area contributed by atoms with Crippen LogP contribution < -0.4 is 9.64 Å². The lowest BCUT2D eigenvalue weighted by Crippen LogP contribution is -2.53. The van der Waals surface area contributed by atoms with Gasteiger partial charge in [-0.25, -0.2) is 0 Å². The van der Waals surface area contributed by atoms with E-state index in [2.05, 4.69) is 0 Å². The van der Waals surface area contributed by atoms with E-state index in [0.29, 0.717) is 52.0 Å². The number of carbonyl (C=O) groups excluding carboxylic acids is 2. The minimum atomic E-state index is -0.502. The molecule has 7 heteroatoms. The van der Waals surface area contributed by atoms with Crippen molar-refractivity contribution in [3.05, 3.63) is 24.3 Å². The summed E-state index contributed by atoms with van der Waals surface area (Å²) in [6.45, 7) is 2.44. The maximum Gasteiger partial charge on any atom is 0.245 e. The highest BCUT2D eigenvalue weighted by Gasteiger charge is 2.44. The summed E-state index contributed by atoms with van der Waals surface area (Å²) in [6, 6.07) is 6.83. The van der Waals surface area contributed by atoms with E-state index in [1.807, 2.05) is 29.2 Å². The van der Waals surface area contributed by atoms with Gasteiger partial charge in [0.1, 0.15) is 11.8 Å². The standard InChI is InChI=1S/C19H24N2O5/c1-24-15-4-2-14(3-5-15)21-16(6-7-17(21)22)18(23)20-10-8-19(9-11-20)25-12-13-26-19/h2-5,16H,6-13H2,1H3. The molecule has 2 amide bonds. The van der Waals surface area contributed by atoms with Gasteiger partial charge >= 0.3 is 0 Å². The summed E-state index contributed by atoms with van der Waals surface area (Å²) in [5.74, 6) is 0.225. The highest BCUT2D eigenvalue weighted by molar-refractivity contribution is 6.03. The number of likely N-dealkylation sites (tertiary alicyclic amines) is 1. The SMILES string of the molecule is COc1ccc(N2C(=O)CCC2C(=O)N2CCC3(CC2)OCCO3)cc1. The van der Waals surface area contributed by atoms with Crippen LogP contribution in [0.3, 0.4) is 0 Å². The maximum atomic E-state index is 13.1. The van der Waals surface area contributed by atoms with Crippen molar-refractivity contribution in [2.24, 2.45) is 0 Å². The Kier molecular flexibility index (Phi) is 4.58. The number of hydrogen-bond donors (Lipinski definition) is 0. The van der Waals surface area contributed by atoms with E-state index >= 15 is 0 Å². The number of benzene rings is 1. The number of piperidine rings is 1. The van der Waals surface area contributed by atoms with Crippen molar-refractivity contribution in [3.63, 3.8) is 0 Å². The highest BCUT2D eigenvalue weighted by Crippen LogP contribution is 2.34. The molecule has 4 rings (SSSR count). The first-order valence-corrected chi connectivity index (χ1v) is 9.15. The topological polar surface area (TPSA) is 68.3 Å². The quantitative estimate of drug-likeness (QED) is 0.818. The van der Waals surface area contributed by atoms with Crippen LogP contribution in [0, 0.1) is 0 Å². The molecule has 3 aliphatic heterocycles. The Labute approximate surface area is 152 Å². The van der Waals surface area contributed by atoms with Gasteiger partial charge in [0.15, 0.2) is 5.79 Å². The van der Waals surface area contributed by atoms with Crippen LogP contribution >= 0.6 is 0 Å². The van der Waals surface area contributed by atoms with Crippen LogP contribution in [0.1, 0.15) is 25.7 Å². The molecule has 7 nitrogen and oxygen atoms in total. The summed E-state index contributed by atoms with van der Waals surface area (Å²) in [7, 11) is 1.60. The van der Waals surface area contributed by atoms with Crippen molar-refractivity contribution < 1.29 is 23.8 Å². The average Bonchev–Trinajstić information content (AvgIpc) is 3.29. The third-order valence-electron chi connectivity index (χ3n) is 5.50. The molecule has 1 unspecified atom stereocenters. The van der Waals surface area contributed by atoms with Crippen LogP contribution in [0.5, 0.6) is 5.75 Å². The predicted molar refractivity (Wildman–Crippen MR) is 94.0 cm³/mol. The lowest BCUT2D eigenvalue weighted by molar-refractivity contribution is -0.187. The Balaban J connectivity index is 1.46. The van der Waals surface area contributed by atoms with Gasteiger partial charge in [-0.2, -0.15) is 0 Å². The second-order valence-corrected chi connectivity index (χ2v) is 6.95. The fourth-order valence-electron chi connectivity index (χ4n) is 4.05. The number of anilines is 1. The first-order valence-electron chi connectivity index (χ1n) is 9.15. The average molecular weight is 360 g/mol. The second-order valence-electron chi connectivity index (χ2n) is 6.95. The first-order chi connectivity index (χ1) is 12.6. The van der Waals surface area contributed by atoms with Gasteiger partial charge in [-0.15, -0.1) is 0 Å². The van der Waals surface area contributed by atoms with E-state index < -0.39 is 11.8 Å². The molecule has 1 aromatic carbocycles. The van der Waals surface area contributed by atoms with E-state index in [1.54, 1.807) is 12.0 Å². The van der Waals surface area contributed by atoms with Gasteiger partial charge in [0.2, 0.25) is 11.8 Å². The van der Waals surface area contributed by atoms with Crippen molar-refractivity contribution in [1.82, 2.24) is 4.90 Å². The number of ether oxygens (including phenoxy) is 3. The molecule has 0 aliphatic carbocycles. The zero-order valence-corrected chi connectivity index (χ0v) is 15.0. The molecule has 1 aromatic rings. The Morgan fingerprint density at radius 1 is 1.15 bits per heavy atom. The molecule has 1 spiro atoms. The molecule has 0 saturated carbocycles. The molecule has 0 bridgehead atoms. The first kappa shape index (κ1) is 17.3. The molecule has 3 aliphatic rings. The molecule has 0 radical (unpaired) electrons. The Morgan fingerprint density at radius 3 is 2.42 bits per heavy atom. The van der Waals surface area contributed by atoms with Crippen molar-refractivity contribution >= 4 is 17.5 Å². The normalized spacial score (nSPS) is 25.1. The molecule has 3 saturated heterocycles. The maximum absolute atomic E-state index is 13.1. The molecule has 1 atom stereocenters. The van der Waals surface area contributed by atoms with Crippen LogP contribution in [0.2, 0.25) is 0 Å². The molecule has 26 heavy (non-hydrogen) atoms.